The summed E-state index contributed by atoms with van der Waals surface area (Å²) in [5.41, 5.74) is 1.41. The van der Waals surface area contributed by atoms with E-state index in [4.69, 9.17) is 4.74 Å². The summed E-state index contributed by atoms with van der Waals surface area (Å²) >= 11 is 0. The minimum absolute atomic E-state index is 0.0611. The van der Waals surface area contributed by atoms with E-state index in [9.17, 15) is 18.0 Å². The van der Waals surface area contributed by atoms with Crippen LogP contribution in [0.15, 0.2) is 30.3 Å². The molecule has 8 nitrogen and oxygen atoms in total. The Morgan fingerprint density at radius 3 is 2.44 bits per heavy atom. The molecule has 0 unspecified atom stereocenters. The lowest BCUT2D eigenvalue weighted by Gasteiger charge is -2.37. The molecule has 9 heteroatoms. The number of benzene rings is 2. The van der Waals surface area contributed by atoms with Crippen molar-refractivity contribution >= 4 is 45.0 Å². The summed E-state index contributed by atoms with van der Waals surface area (Å²) in [6, 6.07) is 8.79. The van der Waals surface area contributed by atoms with Gasteiger partial charge in [0.05, 0.1) is 11.4 Å². The zero-order valence-corrected chi connectivity index (χ0v) is 19.7. The molecule has 0 saturated carbocycles. The minimum atomic E-state index is -2.91. The molecule has 1 saturated heterocycles. The van der Waals surface area contributed by atoms with Crippen LogP contribution in [0, 0.1) is 0 Å². The summed E-state index contributed by atoms with van der Waals surface area (Å²) in [5, 5.41) is 1.54. The average molecular weight is 460 g/mol. The Morgan fingerprint density at radius 1 is 1.16 bits per heavy atom. The second-order valence-corrected chi connectivity index (χ2v) is 10.1. The van der Waals surface area contributed by atoms with E-state index in [2.05, 4.69) is 0 Å². The number of piperidine rings is 1. The van der Waals surface area contributed by atoms with E-state index in [-0.39, 0.29) is 18.0 Å². The van der Waals surface area contributed by atoms with Crippen molar-refractivity contribution < 1.29 is 22.7 Å². The Balaban J connectivity index is 1.64. The first-order chi connectivity index (χ1) is 15.1. The van der Waals surface area contributed by atoms with Crippen LogP contribution in [0.25, 0.3) is 10.8 Å². The molecule has 0 aliphatic carbocycles. The van der Waals surface area contributed by atoms with Crippen LogP contribution >= 0.6 is 0 Å². The predicted molar refractivity (Wildman–Crippen MR) is 125 cm³/mol. The van der Waals surface area contributed by atoms with Crippen molar-refractivity contribution in [3.8, 4) is 0 Å². The first kappa shape index (κ1) is 22.4. The van der Waals surface area contributed by atoms with Gasteiger partial charge in [-0.3, -0.25) is 9.10 Å². The van der Waals surface area contributed by atoms with Crippen molar-refractivity contribution in [2.45, 2.75) is 52.2 Å². The molecular formula is C23H29N3O5S. The number of rotatable bonds is 4. The topological polar surface area (TPSA) is 87.2 Å². The lowest BCUT2D eigenvalue weighted by atomic mass is 10.0. The Labute approximate surface area is 189 Å². The van der Waals surface area contributed by atoms with Gasteiger partial charge in [-0.25, -0.2) is 13.2 Å². The molecule has 32 heavy (non-hydrogen) atoms. The number of amides is 2. The smallest absolute Gasteiger partial charge is 0.410 e. The van der Waals surface area contributed by atoms with Crippen LogP contribution < -0.4 is 9.21 Å². The second-order valence-electron chi connectivity index (χ2n) is 9.16. The number of hydrogen-bond acceptors (Lipinski definition) is 5. The Bertz CT molecular complexity index is 1140. The summed E-state index contributed by atoms with van der Waals surface area (Å²) in [5.74, 6) is -0.0611. The van der Waals surface area contributed by atoms with Crippen LogP contribution in [0.4, 0.5) is 16.2 Å². The molecule has 2 amide bonds. The molecule has 2 aromatic rings. The highest BCUT2D eigenvalue weighted by Crippen LogP contribution is 2.42. The van der Waals surface area contributed by atoms with E-state index >= 15 is 0 Å². The third kappa shape index (κ3) is 3.90. The fourth-order valence-electron chi connectivity index (χ4n) is 4.58. The number of nitrogens with zero attached hydrogens (tertiary/aromatic N) is 3. The molecule has 2 aliphatic rings. The molecule has 1 fully saturated rings. The lowest BCUT2D eigenvalue weighted by Crippen LogP contribution is -2.47. The van der Waals surface area contributed by atoms with Gasteiger partial charge in [0.15, 0.2) is 0 Å². The molecule has 4 rings (SSSR count). The van der Waals surface area contributed by atoms with E-state index in [1.165, 1.54) is 4.31 Å². The highest BCUT2D eigenvalue weighted by atomic mass is 32.2. The Hall–Kier alpha value is -2.81. The Morgan fingerprint density at radius 2 is 1.84 bits per heavy atom. The maximum atomic E-state index is 12.8. The van der Waals surface area contributed by atoms with E-state index in [0.29, 0.717) is 43.7 Å². The molecule has 0 aromatic heterocycles. The number of thiol groups is 1. The van der Waals surface area contributed by atoms with Crippen molar-refractivity contribution in [2.75, 3.05) is 28.8 Å². The monoisotopic (exact) mass is 459 g/mol. The molecule has 0 atom stereocenters. The predicted octanol–water partition coefficient (Wildman–Crippen LogP) is 3.55. The largest absolute Gasteiger partial charge is 0.444 e. The summed E-state index contributed by atoms with van der Waals surface area (Å²) < 4.78 is 31.7. The summed E-state index contributed by atoms with van der Waals surface area (Å²) in [4.78, 5) is 28.5. The first-order valence-corrected chi connectivity index (χ1v) is 12.0. The number of ether oxygens (including phenoxy) is 1. The molecule has 0 radical (unpaired) electrons. The maximum absolute atomic E-state index is 12.8. The molecule has 0 bridgehead atoms. The van der Waals surface area contributed by atoms with Gasteiger partial charge < -0.3 is 14.5 Å². The number of likely N-dealkylation sites (tertiary alicyclic amines) is 1. The van der Waals surface area contributed by atoms with Gasteiger partial charge in [-0.2, -0.15) is 0 Å². The van der Waals surface area contributed by atoms with Crippen molar-refractivity contribution in [3.05, 3.63) is 35.9 Å². The van der Waals surface area contributed by atoms with Crippen LogP contribution in [0.1, 0.15) is 50.9 Å². The van der Waals surface area contributed by atoms with Gasteiger partial charge >= 0.3 is 6.09 Å². The number of hydrogen-bond donors (Lipinski definition) is 1. The SMILES string of the molecule is CCN1C(=O)c2cccc3c(N(C4CCN(C(=O)OC(C)(C)C)CC4)[SH](=O)=O)ccc1c23. The zero-order valence-electron chi connectivity index (χ0n) is 18.8. The van der Waals surface area contributed by atoms with E-state index < -0.39 is 16.5 Å². The van der Waals surface area contributed by atoms with Gasteiger partial charge in [0.25, 0.3) is 5.91 Å². The quantitative estimate of drug-likeness (QED) is 0.707. The lowest BCUT2D eigenvalue weighted by molar-refractivity contribution is 0.0208. The van der Waals surface area contributed by atoms with Gasteiger partial charge in [0, 0.05) is 42.0 Å². The highest BCUT2D eigenvalue weighted by molar-refractivity contribution is 7.74. The molecule has 2 aromatic carbocycles. The second kappa shape index (κ2) is 8.27. The molecule has 172 valence electrons. The van der Waals surface area contributed by atoms with Crippen molar-refractivity contribution in [1.82, 2.24) is 4.90 Å². The minimum Gasteiger partial charge on any atom is -0.444 e. The summed E-state index contributed by atoms with van der Waals surface area (Å²) in [6.45, 7) is 8.77. The first-order valence-electron chi connectivity index (χ1n) is 10.9. The number of carbonyl (C=O) groups is 2. The van der Waals surface area contributed by atoms with Crippen molar-refractivity contribution in [2.24, 2.45) is 0 Å². The average Bonchev–Trinajstić information content (AvgIpc) is 3.01. The van der Waals surface area contributed by atoms with Gasteiger partial charge in [-0.05, 0) is 58.7 Å². The van der Waals surface area contributed by atoms with Gasteiger partial charge in [0.1, 0.15) is 5.60 Å². The van der Waals surface area contributed by atoms with Crippen LogP contribution in [0.2, 0.25) is 0 Å². The van der Waals surface area contributed by atoms with Crippen molar-refractivity contribution in [1.29, 1.82) is 0 Å². The van der Waals surface area contributed by atoms with Gasteiger partial charge in [-0.1, -0.05) is 12.1 Å². The number of carbonyl (C=O) groups excluding carboxylic acids is 2. The molecule has 2 aliphatic heterocycles. The molecule has 2 heterocycles. The van der Waals surface area contributed by atoms with Crippen LogP contribution in [-0.2, 0) is 15.6 Å². The zero-order chi connectivity index (χ0) is 23.2. The van der Waals surface area contributed by atoms with Crippen LogP contribution in [0.3, 0.4) is 0 Å². The third-order valence-electron chi connectivity index (χ3n) is 5.96. The molecule has 0 spiro atoms. The Kier molecular flexibility index (Phi) is 5.79. The van der Waals surface area contributed by atoms with Crippen molar-refractivity contribution in [3.63, 3.8) is 0 Å². The van der Waals surface area contributed by atoms with E-state index in [1.807, 2.05) is 39.8 Å². The molecular weight excluding hydrogens is 430 g/mol. The fourth-order valence-corrected chi connectivity index (χ4v) is 5.43. The summed E-state index contributed by atoms with van der Waals surface area (Å²) in [6.07, 6.45) is 0.634. The van der Waals surface area contributed by atoms with E-state index in [0.717, 1.165) is 16.5 Å². The van der Waals surface area contributed by atoms with Crippen LogP contribution in [0.5, 0.6) is 0 Å². The van der Waals surface area contributed by atoms with Gasteiger partial charge in [0.2, 0.25) is 10.9 Å². The van der Waals surface area contributed by atoms with Crippen LogP contribution in [-0.4, -0.2) is 56.6 Å². The third-order valence-corrected chi connectivity index (χ3v) is 6.86. The fraction of sp³-hybridized carbons (Fsp3) is 0.478. The van der Waals surface area contributed by atoms with Gasteiger partial charge in [-0.15, -0.1) is 0 Å². The highest BCUT2D eigenvalue weighted by Gasteiger charge is 2.34. The normalized spacial score (nSPS) is 16.8. The molecule has 0 N–H and O–H groups in total. The standard InChI is InChI=1S/C23H29N3O5S/c1-5-25-19-10-9-18(16-7-6-8-17(20(16)19)21(25)27)26(32(29)30)15-11-13-24(14-12-15)22(28)31-23(2,3)4/h6-10,15,32H,5,11-14H2,1-4H3. The summed E-state index contributed by atoms with van der Waals surface area (Å²) in [7, 11) is -2.91. The maximum Gasteiger partial charge on any atom is 0.410 e. The number of anilines is 2. The van der Waals surface area contributed by atoms with E-state index in [1.54, 1.807) is 28.0 Å².